The van der Waals surface area contributed by atoms with E-state index >= 15 is 0 Å². The summed E-state index contributed by atoms with van der Waals surface area (Å²) in [6, 6.07) is 7.35. The van der Waals surface area contributed by atoms with Crippen molar-refractivity contribution in [3.63, 3.8) is 0 Å². The van der Waals surface area contributed by atoms with Gasteiger partial charge in [0.15, 0.2) is 0 Å². The molecule has 0 bridgehead atoms. The molecule has 0 aliphatic carbocycles. The Labute approximate surface area is 112 Å². The van der Waals surface area contributed by atoms with Crippen molar-refractivity contribution in [2.75, 3.05) is 33.5 Å². The second kappa shape index (κ2) is 8.90. The number of hydrogen-bond acceptors (Lipinski definition) is 4. The van der Waals surface area contributed by atoms with Crippen LogP contribution in [0.3, 0.4) is 0 Å². The quantitative estimate of drug-likeness (QED) is 0.733. The van der Waals surface area contributed by atoms with E-state index in [1.807, 2.05) is 6.07 Å². The predicted molar refractivity (Wildman–Crippen MR) is 70.6 cm³/mol. The van der Waals surface area contributed by atoms with Crippen LogP contribution in [0.2, 0.25) is 5.02 Å². The minimum atomic E-state index is 0.576. The van der Waals surface area contributed by atoms with Gasteiger partial charge in [-0.25, -0.2) is 0 Å². The number of ether oxygens (including phenoxy) is 2. The Morgan fingerprint density at radius 2 is 2.17 bits per heavy atom. The molecule has 4 nitrogen and oxygen atoms in total. The predicted octanol–water partition coefficient (Wildman–Crippen LogP) is 1.96. The molecule has 1 N–H and O–H groups in total. The highest BCUT2D eigenvalue weighted by atomic mass is 35.5. The van der Waals surface area contributed by atoms with Gasteiger partial charge in [-0.1, -0.05) is 17.7 Å². The summed E-state index contributed by atoms with van der Waals surface area (Å²) in [4.78, 5) is 0. The second-order valence-corrected chi connectivity index (χ2v) is 4.11. The first-order chi connectivity index (χ1) is 8.77. The third-order valence-corrected chi connectivity index (χ3v) is 2.70. The molecule has 1 rings (SSSR count). The maximum Gasteiger partial charge on any atom is 0.0992 e. The molecule has 0 aliphatic rings. The Kier molecular flexibility index (Phi) is 7.38. The van der Waals surface area contributed by atoms with Gasteiger partial charge in [0, 0.05) is 25.2 Å². The average molecular weight is 269 g/mol. The summed E-state index contributed by atoms with van der Waals surface area (Å²) in [7, 11) is 1.65. The van der Waals surface area contributed by atoms with E-state index in [9.17, 15) is 0 Å². The van der Waals surface area contributed by atoms with E-state index in [0.29, 0.717) is 37.0 Å². The second-order valence-electron chi connectivity index (χ2n) is 3.70. The molecule has 0 amide bonds. The SMILES string of the molecule is COCCOCCNCc1ccc(C#N)cc1Cl. The van der Waals surface area contributed by atoms with Crippen molar-refractivity contribution in [2.45, 2.75) is 6.54 Å². The molecule has 5 heteroatoms. The van der Waals surface area contributed by atoms with E-state index in [-0.39, 0.29) is 0 Å². The molecule has 0 fully saturated rings. The lowest BCUT2D eigenvalue weighted by Gasteiger charge is -2.07. The van der Waals surface area contributed by atoms with E-state index in [0.717, 1.165) is 12.1 Å². The first-order valence-corrected chi connectivity index (χ1v) is 6.11. The number of nitrogens with one attached hydrogen (secondary N) is 1. The highest BCUT2D eigenvalue weighted by Gasteiger charge is 2.01. The normalized spacial score (nSPS) is 10.3. The molecule has 18 heavy (non-hydrogen) atoms. The van der Waals surface area contributed by atoms with Crippen LogP contribution in [0, 0.1) is 11.3 Å². The van der Waals surface area contributed by atoms with Crippen molar-refractivity contribution in [3.05, 3.63) is 34.3 Å². The Hall–Kier alpha value is -1.12. The Morgan fingerprint density at radius 3 is 2.83 bits per heavy atom. The molecule has 0 radical (unpaired) electrons. The lowest BCUT2D eigenvalue weighted by atomic mass is 10.1. The number of hydrogen-bond donors (Lipinski definition) is 1. The molecule has 0 atom stereocenters. The Balaban J connectivity index is 2.21. The largest absolute Gasteiger partial charge is 0.382 e. The van der Waals surface area contributed by atoms with Crippen molar-refractivity contribution in [3.8, 4) is 6.07 Å². The number of nitrogens with zero attached hydrogens (tertiary/aromatic N) is 1. The molecule has 0 unspecified atom stereocenters. The maximum atomic E-state index is 8.72. The molecule has 98 valence electrons. The monoisotopic (exact) mass is 268 g/mol. The standard InChI is InChI=1S/C13H17ClN2O2/c1-17-6-7-18-5-4-16-10-12-3-2-11(9-15)8-13(12)14/h2-3,8,16H,4-7,10H2,1H3. The number of nitriles is 1. The molecule has 1 aromatic rings. The smallest absolute Gasteiger partial charge is 0.0992 e. The van der Waals surface area contributed by atoms with Crippen LogP contribution in [0.1, 0.15) is 11.1 Å². The summed E-state index contributed by atoms with van der Waals surface area (Å²) >= 11 is 6.05. The fourth-order valence-corrected chi connectivity index (χ4v) is 1.62. The van der Waals surface area contributed by atoms with Gasteiger partial charge in [-0.2, -0.15) is 5.26 Å². The molecular formula is C13H17ClN2O2. The molecular weight excluding hydrogens is 252 g/mol. The zero-order valence-corrected chi connectivity index (χ0v) is 11.2. The molecule has 0 aliphatic heterocycles. The third-order valence-electron chi connectivity index (χ3n) is 2.35. The van der Waals surface area contributed by atoms with Crippen molar-refractivity contribution >= 4 is 11.6 Å². The average Bonchev–Trinajstić information content (AvgIpc) is 2.39. The van der Waals surface area contributed by atoms with Gasteiger partial charge in [0.2, 0.25) is 0 Å². The lowest BCUT2D eigenvalue weighted by Crippen LogP contribution is -2.20. The van der Waals surface area contributed by atoms with Gasteiger partial charge in [-0.15, -0.1) is 0 Å². The summed E-state index contributed by atoms with van der Waals surface area (Å²) in [6.07, 6.45) is 0. The van der Waals surface area contributed by atoms with Crippen molar-refractivity contribution in [1.29, 1.82) is 5.26 Å². The zero-order valence-electron chi connectivity index (χ0n) is 10.4. The van der Waals surface area contributed by atoms with Crippen LogP contribution in [0.4, 0.5) is 0 Å². The Morgan fingerprint density at radius 1 is 1.33 bits per heavy atom. The van der Waals surface area contributed by atoms with E-state index < -0.39 is 0 Å². The van der Waals surface area contributed by atoms with Gasteiger partial charge >= 0.3 is 0 Å². The van der Waals surface area contributed by atoms with E-state index in [4.69, 9.17) is 26.3 Å². The maximum absolute atomic E-state index is 8.72. The van der Waals surface area contributed by atoms with Gasteiger partial charge in [-0.05, 0) is 17.7 Å². The highest BCUT2D eigenvalue weighted by molar-refractivity contribution is 6.31. The van der Waals surface area contributed by atoms with Crippen LogP contribution >= 0.6 is 11.6 Å². The van der Waals surface area contributed by atoms with Gasteiger partial charge in [-0.3, -0.25) is 0 Å². The summed E-state index contributed by atoms with van der Waals surface area (Å²) in [6.45, 7) is 3.27. The van der Waals surface area contributed by atoms with Crippen molar-refractivity contribution in [2.24, 2.45) is 0 Å². The Bertz CT molecular complexity index is 404. The fraction of sp³-hybridized carbons (Fsp3) is 0.462. The summed E-state index contributed by atoms with van der Waals surface area (Å²) in [5, 5.41) is 12.6. The van der Waals surface area contributed by atoms with Crippen LogP contribution in [0.15, 0.2) is 18.2 Å². The van der Waals surface area contributed by atoms with E-state index in [1.165, 1.54) is 0 Å². The van der Waals surface area contributed by atoms with Crippen LogP contribution in [-0.2, 0) is 16.0 Å². The van der Waals surface area contributed by atoms with E-state index in [2.05, 4.69) is 11.4 Å². The molecule has 0 heterocycles. The topological polar surface area (TPSA) is 54.3 Å². The van der Waals surface area contributed by atoms with E-state index in [1.54, 1.807) is 19.2 Å². The fourth-order valence-electron chi connectivity index (χ4n) is 1.37. The van der Waals surface area contributed by atoms with Gasteiger partial charge < -0.3 is 14.8 Å². The number of benzene rings is 1. The van der Waals surface area contributed by atoms with Gasteiger partial charge in [0.05, 0.1) is 31.5 Å². The summed E-state index contributed by atoms with van der Waals surface area (Å²) in [5.41, 5.74) is 1.55. The van der Waals surface area contributed by atoms with Crippen LogP contribution < -0.4 is 5.32 Å². The summed E-state index contributed by atoms with van der Waals surface area (Å²) in [5.74, 6) is 0. The first-order valence-electron chi connectivity index (χ1n) is 5.74. The van der Waals surface area contributed by atoms with Crippen LogP contribution in [0.25, 0.3) is 0 Å². The van der Waals surface area contributed by atoms with Crippen LogP contribution in [0.5, 0.6) is 0 Å². The number of rotatable bonds is 8. The number of halogens is 1. The number of methoxy groups -OCH3 is 1. The first kappa shape index (κ1) is 14.9. The minimum absolute atomic E-state index is 0.576. The molecule has 0 saturated carbocycles. The third kappa shape index (κ3) is 5.48. The summed E-state index contributed by atoms with van der Waals surface area (Å²) < 4.78 is 10.2. The van der Waals surface area contributed by atoms with Crippen molar-refractivity contribution in [1.82, 2.24) is 5.32 Å². The molecule has 1 aromatic carbocycles. The minimum Gasteiger partial charge on any atom is -0.382 e. The molecule has 0 saturated heterocycles. The van der Waals surface area contributed by atoms with Crippen LogP contribution in [-0.4, -0.2) is 33.5 Å². The molecule has 0 aromatic heterocycles. The lowest BCUT2D eigenvalue weighted by molar-refractivity contribution is 0.0719. The van der Waals surface area contributed by atoms with Gasteiger partial charge in [0.25, 0.3) is 0 Å². The van der Waals surface area contributed by atoms with Crippen molar-refractivity contribution < 1.29 is 9.47 Å². The van der Waals surface area contributed by atoms with Gasteiger partial charge in [0.1, 0.15) is 0 Å². The highest BCUT2D eigenvalue weighted by Crippen LogP contribution is 2.17. The zero-order chi connectivity index (χ0) is 13.2. The molecule has 0 spiro atoms.